The molecule has 10 nitrogen and oxygen atoms in total. The molecule has 0 aromatic heterocycles. The molecule has 0 aromatic carbocycles. The van der Waals surface area contributed by atoms with E-state index in [1.165, 1.54) is 14.2 Å². The maximum atomic E-state index is 11.6. The van der Waals surface area contributed by atoms with Crippen molar-refractivity contribution in [2.24, 2.45) is 0 Å². The number of hydrogen-bond donors (Lipinski definition) is 0. The van der Waals surface area contributed by atoms with Crippen molar-refractivity contribution in [1.82, 2.24) is 0 Å². The van der Waals surface area contributed by atoms with E-state index in [4.69, 9.17) is 0 Å². The van der Waals surface area contributed by atoms with Gasteiger partial charge >= 0.3 is 35.8 Å². The zero-order valence-corrected chi connectivity index (χ0v) is 19.0. The van der Waals surface area contributed by atoms with Crippen LogP contribution in [-0.4, -0.2) is 50.0 Å². The highest BCUT2D eigenvalue weighted by Gasteiger charge is 2.15. The third kappa shape index (κ3) is 18.0. The fourth-order valence-electron chi connectivity index (χ4n) is 2.65. The SMILES string of the molecule is COC(=O)CCCCCCC(=O)OC(=O)CCC(=O)OC(=O)CCCCCCC(=O)OC. The van der Waals surface area contributed by atoms with E-state index in [2.05, 4.69) is 18.9 Å². The number of ether oxygens (including phenoxy) is 4. The highest BCUT2D eigenvalue weighted by Crippen LogP contribution is 2.09. The predicted octanol–water partition coefficient (Wildman–Crippen LogP) is 2.93. The lowest BCUT2D eigenvalue weighted by molar-refractivity contribution is -0.165. The van der Waals surface area contributed by atoms with E-state index >= 15 is 0 Å². The van der Waals surface area contributed by atoms with Crippen molar-refractivity contribution in [2.45, 2.75) is 89.9 Å². The quantitative estimate of drug-likeness (QED) is 0.138. The molecule has 182 valence electrons. The van der Waals surface area contributed by atoms with Crippen LogP contribution in [-0.2, 0) is 47.7 Å². The van der Waals surface area contributed by atoms with Crippen LogP contribution in [0.15, 0.2) is 0 Å². The Bertz CT molecular complexity index is 572. The standard InChI is InChI=1S/C22H34O10/c1-29-17(23)11-7-3-5-9-13-19(25)31-21(27)15-16-22(28)32-20(26)14-10-6-4-8-12-18(24)30-2/h3-16H2,1-2H3. The molecule has 10 heteroatoms. The second kappa shape index (κ2) is 18.9. The molecule has 0 fully saturated rings. The molecule has 0 radical (unpaired) electrons. The first-order valence-electron chi connectivity index (χ1n) is 10.9. The third-order valence-corrected chi connectivity index (χ3v) is 4.47. The first-order chi connectivity index (χ1) is 15.3. The van der Waals surface area contributed by atoms with Crippen LogP contribution >= 0.6 is 0 Å². The molecule has 0 aliphatic heterocycles. The minimum absolute atomic E-state index is 0.0620. The molecule has 0 amide bonds. The number of unbranched alkanes of at least 4 members (excludes halogenated alkanes) is 6. The third-order valence-electron chi connectivity index (χ3n) is 4.47. The summed E-state index contributed by atoms with van der Waals surface area (Å²) >= 11 is 0. The Morgan fingerprint density at radius 3 is 0.906 bits per heavy atom. The largest absolute Gasteiger partial charge is 0.469 e. The summed E-state index contributed by atoms with van der Waals surface area (Å²) in [5, 5.41) is 0. The summed E-state index contributed by atoms with van der Waals surface area (Å²) in [7, 11) is 2.65. The summed E-state index contributed by atoms with van der Waals surface area (Å²) in [6.07, 6.45) is 5.36. The van der Waals surface area contributed by atoms with E-state index in [0.717, 1.165) is 12.8 Å². The summed E-state index contributed by atoms with van der Waals surface area (Å²) in [6, 6.07) is 0. The summed E-state index contributed by atoms with van der Waals surface area (Å²) in [6.45, 7) is 0. The van der Waals surface area contributed by atoms with Gasteiger partial charge in [0.05, 0.1) is 27.1 Å². The fourth-order valence-corrected chi connectivity index (χ4v) is 2.65. The highest BCUT2D eigenvalue weighted by molar-refractivity contribution is 5.89. The van der Waals surface area contributed by atoms with Gasteiger partial charge in [-0.15, -0.1) is 0 Å². The van der Waals surface area contributed by atoms with E-state index in [1.54, 1.807) is 0 Å². The lowest BCUT2D eigenvalue weighted by Gasteiger charge is -2.05. The number of carbonyl (C=O) groups excluding carboxylic acids is 6. The molecular formula is C22H34O10. The van der Waals surface area contributed by atoms with E-state index in [9.17, 15) is 28.8 Å². The molecule has 0 aromatic rings. The molecular weight excluding hydrogens is 424 g/mol. The van der Waals surface area contributed by atoms with Gasteiger partial charge in [0, 0.05) is 25.7 Å². The van der Waals surface area contributed by atoms with Crippen molar-refractivity contribution in [3.8, 4) is 0 Å². The summed E-state index contributed by atoms with van der Waals surface area (Å²) in [5.41, 5.74) is 0. The van der Waals surface area contributed by atoms with Gasteiger partial charge in [-0.05, 0) is 25.7 Å². The van der Waals surface area contributed by atoms with Gasteiger partial charge < -0.3 is 18.9 Å². The Hall–Kier alpha value is -2.78. The van der Waals surface area contributed by atoms with Gasteiger partial charge in [-0.2, -0.15) is 0 Å². The van der Waals surface area contributed by atoms with Crippen LogP contribution in [0.3, 0.4) is 0 Å². The number of carbonyl (C=O) groups is 6. The number of esters is 6. The molecule has 0 aliphatic rings. The number of methoxy groups -OCH3 is 2. The van der Waals surface area contributed by atoms with E-state index in [1.807, 2.05) is 0 Å². The van der Waals surface area contributed by atoms with Crippen molar-refractivity contribution in [3.05, 3.63) is 0 Å². The average molecular weight is 459 g/mol. The minimum atomic E-state index is -0.851. The molecule has 0 atom stereocenters. The second-order valence-electron chi connectivity index (χ2n) is 7.17. The first kappa shape index (κ1) is 29.2. The van der Waals surface area contributed by atoms with Gasteiger partial charge in [-0.1, -0.05) is 25.7 Å². The van der Waals surface area contributed by atoms with E-state index < -0.39 is 23.9 Å². The van der Waals surface area contributed by atoms with Crippen LogP contribution in [0, 0.1) is 0 Å². The van der Waals surface area contributed by atoms with Crippen LogP contribution in [0.1, 0.15) is 89.9 Å². The predicted molar refractivity (Wildman–Crippen MR) is 111 cm³/mol. The van der Waals surface area contributed by atoms with Gasteiger partial charge in [0.15, 0.2) is 0 Å². The summed E-state index contributed by atoms with van der Waals surface area (Å²) in [4.78, 5) is 68.3. The van der Waals surface area contributed by atoms with Crippen LogP contribution in [0.5, 0.6) is 0 Å². The topological polar surface area (TPSA) is 139 Å². The molecule has 0 N–H and O–H groups in total. The Morgan fingerprint density at radius 2 is 0.625 bits per heavy atom. The zero-order chi connectivity index (χ0) is 24.2. The molecule has 0 rings (SSSR count). The molecule has 0 unspecified atom stereocenters. The van der Waals surface area contributed by atoms with Crippen LogP contribution in [0.25, 0.3) is 0 Å². The summed E-state index contributed by atoms with van der Waals surface area (Å²) in [5.74, 6) is -3.61. The van der Waals surface area contributed by atoms with Crippen molar-refractivity contribution in [2.75, 3.05) is 14.2 Å². The van der Waals surface area contributed by atoms with Crippen molar-refractivity contribution >= 4 is 35.8 Å². The Kier molecular flexibility index (Phi) is 17.3. The summed E-state index contributed by atoms with van der Waals surface area (Å²) < 4.78 is 18.3. The Labute approximate surface area is 188 Å². The maximum absolute atomic E-state index is 11.6. The van der Waals surface area contributed by atoms with Crippen LogP contribution in [0.2, 0.25) is 0 Å². The van der Waals surface area contributed by atoms with Gasteiger partial charge in [0.1, 0.15) is 0 Å². The van der Waals surface area contributed by atoms with E-state index in [-0.39, 0.29) is 37.6 Å². The highest BCUT2D eigenvalue weighted by atomic mass is 16.6. The molecule has 32 heavy (non-hydrogen) atoms. The van der Waals surface area contributed by atoms with Crippen molar-refractivity contribution in [3.63, 3.8) is 0 Å². The molecule has 0 spiro atoms. The minimum Gasteiger partial charge on any atom is -0.469 e. The Balaban J connectivity index is 3.73. The van der Waals surface area contributed by atoms with Crippen LogP contribution < -0.4 is 0 Å². The zero-order valence-electron chi connectivity index (χ0n) is 19.0. The lowest BCUT2D eigenvalue weighted by atomic mass is 10.1. The molecule has 0 heterocycles. The van der Waals surface area contributed by atoms with E-state index in [0.29, 0.717) is 51.4 Å². The Morgan fingerprint density at radius 1 is 0.375 bits per heavy atom. The second-order valence-corrected chi connectivity index (χ2v) is 7.17. The smallest absolute Gasteiger partial charge is 0.314 e. The first-order valence-corrected chi connectivity index (χ1v) is 10.9. The normalized spacial score (nSPS) is 10.2. The van der Waals surface area contributed by atoms with Gasteiger partial charge in [-0.25, -0.2) is 0 Å². The average Bonchev–Trinajstić information content (AvgIpc) is 2.76. The molecule has 0 bridgehead atoms. The van der Waals surface area contributed by atoms with Crippen molar-refractivity contribution < 1.29 is 47.7 Å². The lowest BCUT2D eigenvalue weighted by Crippen LogP contribution is -2.16. The fraction of sp³-hybridized carbons (Fsp3) is 0.727. The van der Waals surface area contributed by atoms with Crippen molar-refractivity contribution in [1.29, 1.82) is 0 Å². The van der Waals surface area contributed by atoms with Gasteiger partial charge in [-0.3, -0.25) is 28.8 Å². The number of rotatable bonds is 17. The molecule has 0 saturated heterocycles. The number of hydrogen-bond acceptors (Lipinski definition) is 10. The maximum Gasteiger partial charge on any atom is 0.314 e. The van der Waals surface area contributed by atoms with Crippen LogP contribution in [0.4, 0.5) is 0 Å². The molecule has 0 saturated carbocycles. The monoisotopic (exact) mass is 458 g/mol. The molecule has 0 aliphatic carbocycles. The van der Waals surface area contributed by atoms with Gasteiger partial charge in [0.25, 0.3) is 0 Å². The van der Waals surface area contributed by atoms with Gasteiger partial charge in [0.2, 0.25) is 0 Å².